The predicted molar refractivity (Wildman–Crippen MR) is 70.4 cm³/mol. The molecule has 106 valence electrons. The lowest BCUT2D eigenvalue weighted by Crippen LogP contribution is -2.42. The van der Waals surface area contributed by atoms with E-state index in [1.54, 1.807) is 0 Å². The van der Waals surface area contributed by atoms with Gasteiger partial charge in [0.1, 0.15) is 5.69 Å². The third-order valence-electron chi connectivity index (χ3n) is 4.01. The highest BCUT2D eigenvalue weighted by Gasteiger charge is 2.42. The fourth-order valence-corrected chi connectivity index (χ4v) is 2.52. The van der Waals surface area contributed by atoms with Crippen molar-refractivity contribution in [3.05, 3.63) is 23.8 Å². The Morgan fingerprint density at radius 3 is 2.25 bits per heavy atom. The molecule has 2 fully saturated rings. The van der Waals surface area contributed by atoms with E-state index in [2.05, 4.69) is 16.9 Å². The molecule has 0 radical (unpaired) electrons. The van der Waals surface area contributed by atoms with E-state index in [4.69, 9.17) is 5.11 Å². The van der Waals surface area contributed by atoms with Crippen LogP contribution < -0.4 is 0 Å². The number of rotatable bonds is 5. The van der Waals surface area contributed by atoms with Gasteiger partial charge in [-0.05, 0) is 38.5 Å². The number of hydrogen-bond donors (Lipinski definition) is 1. The summed E-state index contributed by atoms with van der Waals surface area (Å²) in [5.74, 6) is -0.663. The molecule has 0 spiro atoms. The van der Waals surface area contributed by atoms with Gasteiger partial charge in [-0.3, -0.25) is 4.79 Å². The second kappa shape index (κ2) is 4.85. The first kappa shape index (κ1) is 13.0. The lowest BCUT2D eigenvalue weighted by atomic mass is 10.1. The summed E-state index contributed by atoms with van der Waals surface area (Å²) in [6.07, 6.45) is 6.86. The maximum Gasteiger partial charge on any atom is 0.356 e. The van der Waals surface area contributed by atoms with Gasteiger partial charge in [-0.2, -0.15) is 0 Å². The molecule has 2 saturated carbocycles. The molecule has 20 heavy (non-hydrogen) atoms. The minimum atomic E-state index is -1.14. The quantitative estimate of drug-likeness (QED) is 0.882. The summed E-state index contributed by atoms with van der Waals surface area (Å²) in [6, 6.07) is 0.551. The Hall–Kier alpha value is -1.98. The normalized spacial score (nSPS) is 19.4. The van der Waals surface area contributed by atoms with Crippen LogP contribution in [0.25, 0.3) is 0 Å². The standard InChI is InChI=1S/C14H17N3O3/c1-8(9-2-3-9)17(10-4-5-10)13(18)11-6-16-12(7-15-11)14(19)20/h6-10H,2-5H2,1H3,(H,19,20). The number of amides is 1. The zero-order chi connectivity index (χ0) is 14.3. The summed E-state index contributed by atoms with van der Waals surface area (Å²) in [5.41, 5.74) is 0.0872. The van der Waals surface area contributed by atoms with Crippen molar-refractivity contribution < 1.29 is 14.7 Å². The number of aromatic carboxylic acids is 1. The fraction of sp³-hybridized carbons (Fsp3) is 0.571. The summed E-state index contributed by atoms with van der Waals surface area (Å²) < 4.78 is 0. The Labute approximate surface area is 116 Å². The van der Waals surface area contributed by atoms with Gasteiger partial charge in [0.15, 0.2) is 5.69 Å². The molecule has 1 amide bonds. The molecule has 2 aliphatic rings. The first-order valence-electron chi connectivity index (χ1n) is 6.96. The van der Waals surface area contributed by atoms with Gasteiger partial charge < -0.3 is 10.0 Å². The maximum atomic E-state index is 12.6. The average Bonchev–Trinajstić information content (AvgIpc) is 3.29. The van der Waals surface area contributed by atoms with E-state index in [1.807, 2.05) is 4.90 Å². The maximum absolute atomic E-state index is 12.6. The minimum Gasteiger partial charge on any atom is -0.476 e. The molecule has 1 unspecified atom stereocenters. The Morgan fingerprint density at radius 1 is 1.20 bits per heavy atom. The second-order valence-corrected chi connectivity index (χ2v) is 5.61. The van der Waals surface area contributed by atoms with Gasteiger partial charge in [-0.15, -0.1) is 0 Å². The third kappa shape index (κ3) is 2.50. The molecule has 1 atom stereocenters. The Bertz CT molecular complexity index is 535. The highest BCUT2D eigenvalue weighted by Crippen LogP contribution is 2.40. The van der Waals surface area contributed by atoms with Crippen LogP contribution >= 0.6 is 0 Å². The van der Waals surface area contributed by atoms with E-state index in [9.17, 15) is 9.59 Å². The van der Waals surface area contributed by atoms with E-state index in [0.717, 1.165) is 19.0 Å². The molecule has 3 rings (SSSR count). The molecule has 0 aliphatic heterocycles. The van der Waals surface area contributed by atoms with Gasteiger partial charge >= 0.3 is 5.97 Å². The number of carbonyl (C=O) groups excluding carboxylic acids is 1. The number of carboxylic acids is 1. The zero-order valence-electron chi connectivity index (χ0n) is 11.3. The second-order valence-electron chi connectivity index (χ2n) is 5.61. The van der Waals surface area contributed by atoms with E-state index >= 15 is 0 Å². The van der Waals surface area contributed by atoms with Gasteiger partial charge in [-0.25, -0.2) is 14.8 Å². The minimum absolute atomic E-state index is 0.128. The first-order valence-corrected chi connectivity index (χ1v) is 6.96. The van der Waals surface area contributed by atoms with Crippen LogP contribution in [0.4, 0.5) is 0 Å². The molecule has 6 nitrogen and oxygen atoms in total. The molecule has 1 aromatic rings. The topological polar surface area (TPSA) is 83.4 Å². The largest absolute Gasteiger partial charge is 0.476 e. The highest BCUT2D eigenvalue weighted by atomic mass is 16.4. The van der Waals surface area contributed by atoms with Crippen molar-refractivity contribution in [2.45, 2.75) is 44.7 Å². The summed E-state index contributed by atoms with van der Waals surface area (Å²) in [4.78, 5) is 32.9. The lowest BCUT2D eigenvalue weighted by molar-refractivity contribution is 0.0641. The predicted octanol–water partition coefficient (Wildman–Crippen LogP) is 1.58. The van der Waals surface area contributed by atoms with E-state index in [0.29, 0.717) is 12.0 Å². The smallest absolute Gasteiger partial charge is 0.356 e. The fourth-order valence-electron chi connectivity index (χ4n) is 2.52. The summed E-state index contributed by atoms with van der Waals surface area (Å²) in [6.45, 7) is 2.09. The van der Waals surface area contributed by atoms with Gasteiger partial charge in [0, 0.05) is 12.1 Å². The van der Waals surface area contributed by atoms with Crippen molar-refractivity contribution in [2.75, 3.05) is 0 Å². The van der Waals surface area contributed by atoms with Crippen molar-refractivity contribution in [2.24, 2.45) is 5.92 Å². The zero-order valence-corrected chi connectivity index (χ0v) is 11.3. The number of aromatic nitrogens is 2. The van der Waals surface area contributed by atoms with Crippen LogP contribution in [0.15, 0.2) is 12.4 Å². The molecule has 2 aliphatic carbocycles. The van der Waals surface area contributed by atoms with Gasteiger partial charge in [0.05, 0.1) is 12.4 Å². The number of nitrogens with zero attached hydrogens (tertiary/aromatic N) is 3. The summed E-state index contributed by atoms with van der Waals surface area (Å²) in [7, 11) is 0. The summed E-state index contributed by atoms with van der Waals surface area (Å²) in [5, 5.41) is 8.79. The molecule has 0 saturated heterocycles. The lowest BCUT2D eigenvalue weighted by Gasteiger charge is -2.29. The van der Waals surface area contributed by atoms with E-state index in [1.165, 1.54) is 19.0 Å². The van der Waals surface area contributed by atoms with E-state index in [-0.39, 0.29) is 23.3 Å². The Morgan fingerprint density at radius 2 is 1.80 bits per heavy atom. The molecular weight excluding hydrogens is 258 g/mol. The van der Waals surface area contributed by atoms with Crippen LogP contribution in [-0.4, -0.2) is 43.9 Å². The van der Waals surface area contributed by atoms with Crippen molar-refractivity contribution in [3.63, 3.8) is 0 Å². The number of carbonyl (C=O) groups is 2. The van der Waals surface area contributed by atoms with Crippen molar-refractivity contribution in [1.29, 1.82) is 0 Å². The van der Waals surface area contributed by atoms with Crippen molar-refractivity contribution >= 4 is 11.9 Å². The molecule has 6 heteroatoms. The molecule has 0 aromatic carbocycles. The highest BCUT2D eigenvalue weighted by molar-refractivity contribution is 5.93. The SMILES string of the molecule is CC(C1CC1)N(C(=O)c1cnc(C(=O)O)cn1)C1CC1. The van der Waals surface area contributed by atoms with Gasteiger partial charge in [-0.1, -0.05) is 0 Å². The summed E-state index contributed by atoms with van der Waals surface area (Å²) >= 11 is 0. The molecular formula is C14H17N3O3. The van der Waals surface area contributed by atoms with Crippen molar-refractivity contribution in [3.8, 4) is 0 Å². The molecule has 0 bridgehead atoms. The number of hydrogen-bond acceptors (Lipinski definition) is 4. The van der Waals surface area contributed by atoms with Crippen LogP contribution in [0.2, 0.25) is 0 Å². The third-order valence-corrected chi connectivity index (χ3v) is 4.01. The van der Waals surface area contributed by atoms with Crippen LogP contribution in [-0.2, 0) is 0 Å². The van der Waals surface area contributed by atoms with Gasteiger partial charge in [0.2, 0.25) is 0 Å². The van der Waals surface area contributed by atoms with Crippen LogP contribution in [0.3, 0.4) is 0 Å². The van der Waals surface area contributed by atoms with Crippen LogP contribution in [0.5, 0.6) is 0 Å². The van der Waals surface area contributed by atoms with Crippen molar-refractivity contribution in [1.82, 2.24) is 14.9 Å². The van der Waals surface area contributed by atoms with E-state index < -0.39 is 5.97 Å². The Kier molecular flexibility index (Phi) is 3.16. The first-order chi connectivity index (χ1) is 9.58. The molecule has 1 heterocycles. The molecule has 1 N–H and O–H groups in total. The van der Waals surface area contributed by atoms with Gasteiger partial charge in [0.25, 0.3) is 5.91 Å². The van der Waals surface area contributed by atoms with Crippen LogP contribution in [0.1, 0.15) is 53.6 Å². The molecule has 1 aromatic heterocycles. The monoisotopic (exact) mass is 275 g/mol. The van der Waals surface area contributed by atoms with Crippen LogP contribution in [0, 0.1) is 5.92 Å². The average molecular weight is 275 g/mol. The Balaban J connectivity index is 1.79. The number of carboxylic acid groups (broad SMARTS) is 1.